The molecule has 64 heavy (non-hydrogen) atoms. The van der Waals surface area contributed by atoms with E-state index in [-0.39, 0.29) is 5.92 Å². The number of aliphatic imine (C=N–C) groups is 2. The Morgan fingerprint density at radius 3 is 1.91 bits per heavy atom. The number of hydrogen-bond donors (Lipinski definition) is 0. The molecule has 13 rings (SSSR count). The number of para-hydroxylation sites is 3. The quantitative estimate of drug-likeness (QED) is 0.174. The molecule has 12 aromatic rings. The van der Waals surface area contributed by atoms with E-state index in [4.69, 9.17) is 18.8 Å². The summed E-state index contributed by atoms with van der Waals surface area (Å²) in [6.07, 6.45) is 3.03. The van der Waals surface area contributed by atoms with Gasteiger partial charge >= 0.3 is 0 Å². The monoisotopic (exact) mass is 821 g/mol. The summed E-state index contributed by atoms with van der Waals surface area (Å²) in [5.41, 5.74) is 13.7. The molecule has 5 nitrogen and oxygen atoms in total. The zero-order chi connectivity index (χ0) is 42.3. The average molecular weight is 822 g/mol. The summed E-state index contributed by atoms with van der Waals surface area (Å²) in [7, 11) is 0. The predicted octanol–water partition coefficient (Wildman–Crippen LogP) is 15.7. The van der Waals surface area contributed by atoms with E-state index in [0.717, 1.165) is 99.8 Å². The van der Waals surface area contributed by atoms with E-state index in [1.54, 1.807) is 0 Å². The number of benzene rings is 9. The van der Waals surface area contributed by atoms with Crippen LogP contribution in [0, 0.1) is 5.92 Å². The van der Waals surface area contributed by atoms with Crippen molar-refractivity contribution >= 4 is 93.7 Å². The van der Waals surface area contributed by atoms with E-state index in [1.807, 2.05) is 18.2 Å². The fourth-order valence-electron chi connectivity index (χ4n) is 9.94. The van der Waals surface area contributed by atoms with Gasteiger partial charge in [0, 0.05) is 54.9 Å². The maximum absolute atomic E-state index is 6.64. The molecule has 0 bridgehead atoms. The summed E-state index contributed by atoms with van der Waals surface area (Å²) in [4.78, 5) is 11.3. The summed E-state index contributed by atoms with van der Waals surface area (Å²) in [6, 6.07) is 68.6. The van der Waals surface area contributed by atoms with Crippen molar-refractivity contribution < 1.29 is 8.83 Å². The Morgan fingerprint density at radius 1 is 0.453 bits per heavy atom. The van der Waals surface area contributed by atoms with Gasteiger partial charge in [-0.15, -0.1) is 0 Å². The number of hydrogen-bond acceptors (Lipinski definition) is 4. The summed E-state index contributed by atoms with van der Waals surface area (Å²) in [6.45, 7) is 2.27. The largest absolute Gasteiger partial charge is 0.456 e. The molecular weight excluding hydrogens is 783 g/mol. The van der Waals surface area contributed by atoms with Gasteiger partial charge in [0.25, 0.3) is 0 Å². The van der Waals surface area contributed by atoms with Gasteiger partial charge in [-0.2, -0.15) is 0 Å². The first-order valence-corrected chi connectivity index (χ1v) is 21.9. The lowest BCUT2D eigenvalue weighted by Crippen LogP contribution is -2.17. The Labute approximate surface area is 368 Å². The maximum Gasteiger partial charge on any atom is 0.160 e. The lowest BCUT2D eigenvalue weighted by molar-refractivity contribution is 0.668. The summed E-state index contributed by atoms with van der Waals surface area (Å²) in [5.74, 6) is 0.676. The lowest BCUT2D eigenvalue weighted by Gasteiger charge is -2.21. The van der Waals surface area contributed by atoms with Crippen molar-refractivity contribution in [1.29, 1.82) is 0 Å². The maximum atomic E-state index is 6.64. The second-order valence-corrected chi connectivity index (χ2v) is 16.9. The molecular formula is C59H39N3O2. The van der Waals surface area contributed by atoms with Gasteiger partial charge in [-0.1, -0.05) is 153 Å². The highest BCUT2D eigenvalue weighted by molar-refractivity contribution is 6.19. The minimum atomic E-state index is 0.0364. The molecule has 0 aliphatic carbocycles. The van der Waals surface area contributed by atoms with Crippen molar-refractivity contribution in [2.45, 2.75) is 13.3 Å². The summed E-state index contributed by atoms with van der Waals surface area (Å²) >= 11 is 0. The molecule has 1 unspecified atom stereocenters. The molecule has 0 N–H and O–H groups in total. The third kappa shape index (κ3) is 5.78. The van der Waals surface area contributed by atoms with Crippen molar-refractivity contribution in [3.8, 4) is 16.8 Å². The molecule has 0 radical (unpaired) electrons. The van der Waals surface area contributed by atoms with Crippen LogP contribution in [0.2, 0.25) is 0 Å². The molecule has 0 spiro atoms. The fourth-order valence-corrected chi connectivity index (χ4v) is 9.94. The first kappa shape index (κ1) is 36.4. The Morgan fingerprint density at radius 2 is 1.08 bits per heavy atom. The highest BCUT2D eigenvalue weighted by atomic mass is 16.3. The molecule has 0 fully saturated rings. The smallest absolute Gasteiger partial charge is 0.160 e. The number of allylic oxidation sites excluding steroid dienone is 1. The predicted molar refractivity (Wildman–Crippen MR) is 266 cm³/mol. The number of amidine groups is 1. The summed E-state index contributed by atoms with van der Waals surface area (Å²) < 4.78 is 15.5. The first-order chi connectivity index (χ1) is 31.6. The van der Waals surface area contributed by atoms with Crippen LogP contribution in [0.15, 0.2) is 219 Å². The lowest BCUT2D eigenvalue weighted by atomic mass is 9.92. The molecule has 302 valence electrons. The highest BCUT2D eigenvalue weighted by Gasteiger charge is 2.26. The zero-order valence-electron chi connectivity index (χ0n) is 35.0. The number of aromatic nitrogens is 1. The molecule has 9 aromatic carbocycles. The Bertz CT molecular complexity index is 3940. The highest BCUT2D eigenvalue weighted by Crippen LogP contribution is 2.43. The van der Waals surface area contributed by atoms with Gasteiger partial charge in [-0.25, -0.2) is 9.98 Å². The number of rotatable bonds is 5. The topological polar surface area (TPSA) is 55.9 Å². The van der Waals surface area contributed by atoms with Crippen molar-refractivity contribution in [3.05, 3.63) is 217 Å². The van der Waals surface area contributed by atoms with Crippen LogP contribution >= 0.6 is 0 Å². The van der Waals surface area contributed by atoms with Gasteiger partial charge in [-0.05, 0) is 82.9 Å². The third-order valence-corrected chi connectivity index (χ3v) is 13.1. The van der Waals surface area contributed by atoms with Gasteiger partial charge in [-0.3, -0.25) is 0 Å². The van der Waals surface area contributed by atoms with Crippen molar-refractivity contribution in [2.24, 2.45) is 15.9 Å². The van der Waals surface area contributed by atoms with E-state index in [2.05, 4.69) is 193 Å². The Balaban J connectivity index is 1.08. The molecule has 0 saturated heterocycles. The van der Waals surface area contributed by atoms with Crippen LogP contribution in [-0.4, -0.2) is 16.1 Å². The molecule has 0 amide bonds. The van der Waals surface area contributed by atoms with Gasteiger partial charge in [0.15, 0.2) is 5.84 Å². The Hall–Kier alpha value is -8.28. The van der Waals surface area contributed by atoms with Gasteiger partial charge < -0.3 is 13.4 Å². The van der Waals surface area contributed by atoms with Crippen LogP contribution in [-0.2, 0) is 0 Å². The normalized spacial score (nSPS) is 17.1. The number of fused-ring (bicyclic) bond motifs is 10. The first-order valence-electron chi connectivity index (χ1n) is 21.9. The molecule has 1 aliphatic rings. The van der Waals surface area contributed by atoms with Crippen LogP contribution in [0.3, 0.4) is 0 Å². The number of furan rings is 2. The summed E-state index contributed by atoms with van der Waals surface area (Å²) in [5, 5.41) is 9.09. The van der Waals surface area contributed by atoms with E-state index < -0.39 is 0 Å². The van der Waals surface area contributed by atoms with Gasteiger partial charge in [0.2, 0.25) is 0 Å². The molecule has 0 saturated carbocycles. The van der Waals surface area contributed by atoms with E-state index in [0.29, 0.717) is 12.3 Å². The standard InChI is InChI=1S/C59H39N3O2/c1-36-23-30-48(60-59(39-26-24-38(25-27-39)37-13-3-2-4-14-37)61-58(36)42-28-29-45-44-18-8-11-21-52(44)64-55(45)35-42)57-50(31-32-54-56(57)46-19-9-12-22-53(46)63-54)62-49-20-10-7-17-43(49)47-33-40-15-5-6-16-41(40)34-51(47)62/h2-22,24-36H,23H2,1H3/b48-30+,60-59-,61-58+. The molecule has 4 heterocycles. The van der Waals surface area contributed by atoms with Gasteiger partial charge in [0.1, 0.15) is 22.3 Å². The van der Waals surface area contributed by atoms with Crippen molar-refractivity contribution in [3.63, 3.8) is 0 Å². The third-order valence-electron chi connectivity index (χ3n) is 13.1. The molecule has 3 aromatic heterocycles. The van der Waals surface area contributed by atoms with Crippen molar-refractivity contribution in [1.82, 2.24) is 4.57 Å². The van der Waals surface area contributed by atoms with Crippen LogP contribution in [0.25, 0.3) is 99.0 Å². The van der Waals surface area contributed by atoms with Crippen LogP contribution in [0.4, 0.5) is 0 Å². The SMILES string of the molecule is CC1C/C=C(c2c(-n3c4ccccc4c4cc5ccccc5cc43)ccc3oc4ccccc4c23)/N=C(c2ccc(-c3ccccc3)cc2)\N=C/1c1ccc2c(c1)oc1ccccc12. The number of nitrogens with zero attached hydrogens (tertiary/aromatic N) is 3. The van der Waals surface area contributed by atoms with Crippen LogP contribution in [0.5, 0.6) is 0 Å². The van der Waals surface area contributed by atoms with Crippen molar-refractivity contribution in [2.75, 3.05) is 0 Å². The second kappa shape index (κ2) is 14.4. The van der Waals surface area contributed by atoms with Gasteiger partial charge in [0.05, 0.1) is 28.1 Å². The second-order valence-electron chi connectivity index (χ2n) is 16.9. The van der Waals surface area contributed by atoms with E-state index in [1.165, 1.54) is 21.5 Å². The minimum absolute atomic E-state index is 0.0364. The Kier molecular flexibility index (Phi) is 8.19. The zero-order valence-corrected chi connectivity index (χ0v) is 35.0. The molecule has 1 atom stereocenters. The van der Waals surface area contributed by atoms with E-state index in [9.17, 15) is 0 Å². The molecule has 5 heteroatoms. The van der Waals surface area contributed by atoms with Crippen LogP contribution in [0.1, 0.15) is 30.0 Å². The molecule has 1 aliphatic heterocycles. The van der Waals surface area contributed by atoms with Crippen LogP contribution < -0.4 is 0 Å². The average Bonchev–Trinajstić information content (AvgIpc) is 4.01. The van der Waals surface area contributed by atoms with E-state index >= 15 is 0 Å². The minimum Gasteiger partial charge on any atom is -0.456 e. The fraction of sp³-hybridized carbons (Fsp3) is 0.0508.